The van der Waals surface area contributed by atoms with Crippen LogP contribution in [0.15, 0.2) is 0 Å². The van der Waals surface area contributed by atoms with Gasteiger partial charge in [0.05, 0.1) is 12.8 Å². The van der Waals surface area contributed by atoms with Crippen molar-refractivity contribution in [2.75, 3.05) is 12.8 Å². The molecule has 2 rings (SSSR count). The first-order valence-electron chi connectivity index (χ1n) is 4.00. The lowest BCUT2D eigenvalue weighted by molar-refractivity contribution is 0.393. The number of nitrogen functional groups attached to an aromatic ring is 1. The van der Waals surface area contributed by atoms with E-state index < -0.39 is 0 Å². The average Bonchev–Trinajstić information content (AvgIpc) is 2.50. The number of ether oxygens (including phenoxy) is 1. The van der Waals surface area contributed by atoms with Crippen molar-refractivity contribution in [3.63, 3.8) is 0 Å². The van der Waals surface area contributed by atoms with Crippen molar-refractivity contribution < 1.29 is 4.74 Å². The first-order valence-corrected chi connectivity index (χ1v) is 4.00. The Bertz CT molecular complexity index is 311. The molecular weight excluding hydrogens is 154 g/mol. The molecule has 0 aliphatic heterocycles. The van der Waals surface area contributed by atoms with Gasteiger partial charge in [-0.05, 0) is 19.3 Å². The van der Waals surface area contributed by atoms with Crippen molar-refractivity contribution in [2.45, 2.75) is 19.3 Å². The second-order valence-electron chi connectivity index (χ2n) is 2.87. The molecule has 1 heterocycles. The molecule has 0 spiro atoms. The van der Waals surface area contributed by atoms with E-state index in [1.807, 2.05) is 0 Å². The second-order valence-corrected chi connectivity index (χ2v) is 2.87. The van der Waals surface area contributed by atoms with Gasteiger partial charge in [0.1, 0.15) is 0 Å². The Balaban J connectivity index is 2.55. The smallest absolute Gasteiger partial charge is 0.223 e. The number of nitrogens with two attached hydrogens (primary N) is 1. The highest BCUT2D eigenvalue weighted by molar-refractivity contribution is 5.38. The van der Waals surface area contributed by atoms with Crippen molar-refractivity contribution in [1.82, 2.24) is 9.97 Å². The van der Waals surface area contributed by atoms with Gasteiger partial charge < -0.3 is 10.5 Å². The van der Waals surface area contributed by atoms with E-state index in [1.165, 1.54) is 0 Å². The van der Waals surface area contributed by atoms with Crippen LogP contribution in [0.2, 0.25) is 0 Å². The van der Waals surface area contributed by atoms with E-state index in [1.54, 1.807) is 7.11 Å². The van der Waals surface area contributed by atoms with Crippen LogP contribution in [-0.2, 0) is 12.8 Å². The Labute approximate surface area is 70.8 Å². The van der Waals surface area contributed by atoms with E-state index in [9.17, 15) is 0 Å². The molecule has 0 bridgehead atoms. The number of anilines is 1. The normalized spacial score (nSPS) is 14.4. The predicted molar refractivity (Wildman–Crippen MR) is 45.0 cm³/mol. The molecule has 1 aliphatic rings. The zero-order chi connectivity index (χ0) is 8.55. The molecule has 64 valence electrons. The van der Waals surface area contributed by atoms with Crippen LogP contribution in [0.1, 0.15) is 17.7 Å². The van der Waals surface area contributed by atoms with Crippen LogP contribution in [0.3, 0.4) is 0 Å². The summed E-state index contributed by atoms with van der Waals surface area (Å²) in [4.78, 5) is 8.16. The Morgan fingerprint density at radius 2 is 2.17 bits per heavy atom. The molecule has 1 aromatic rings. The molecule has 12 heavy (non-hydrogen) atoms. The monoisotopic (exact) mass is 165 g/mol. The molecule has 0 amide bonds. The van der Waals surface area contributed by atoms with Gasteiger partial charge in [0.2, 0.25) is 11.8 Å². The summed E-state index contributed by atoms with van der Waals surface area (Å²) >= 11 is 0. The Kier molecular flexibility index (Phi) is 1.60. The maximum Gasteiger partial charge on any atom is 0.223 e. The fourth-order valence-corrected chi connectivity index (χ4v) is 1.59. The van der Waals surface area contributed by atoms with E-state index in [-0.39, 0.29) is 0 Å². The van der Waals surface area contributed by atoms with Crippen molar-refractivity contribution in [2.24, 2.45) is 0 Å². The van der Waals surface area contributed by atoms with E-state index in [0.717, 1.165) is 30.5 Å². The molecule has 0 atom stereocenters. The number of hydrogen-bond acceptors (Lipinski definition) is 4. The third-order valence-corrected chi connectivity index (χ3v) is 2.11. The summed E-state index contributed by atoms with van der Waals surface area (Å²) in [7, 11) is 1.61. The molecular formula is C8H11N3O. The molecule has 4 heteroatoms. The molecule has 2 N–H and O–H groups in total. The molecule has 1 aromatic heterocycles. The van der Waals surface area contributed by atoms with Gasteiger partial charge in [0.25, 0.3) is 0 Å². The summed E-state index contributed by atoms with van der Waals surface area (Å²) in [6.07, 6.45) is 3.14. The van der Waals surface area contributed by atoms with Gasteiger partial charge in [-0.2, -0.15) is 4.98 Å². The maximum atomic E-state index is 5.50. The summed E-state index contributed by atoms with van der Waals surface area (Å²) in [6.45, 7) is 0. The fourth-order valence-electron chi connectivity index (χ4n) is 1.59. The van der Waals surface area contributed by atoms with Gasteiger partial charge in [0.15, 0.2) is 0 Å². The molecule has 1 aliphatic carbocycles. The van der Waals surface area contributed by atoms with Gasteiger partial charge in [-0.3, -0.25) is 0 Å². The Hall–Kier alpha value is -1.32. The molecule has 0 radical (unpaired) electrons. The highest BCUT2D eigenvalue weighted by Gasteiger charge is 2.18. The van der Waals surface area contributed by atoms with Crippen molar-refractivity contribution in [3.05, 3.63) is 11.3 Å². The minimum Gasteiger partial charge on any atom is -0.481 e. The fraction of sp³-hybridized carbons (Fsp3) is 0.500. The zero-order valence-corrected chi connectivity index (χ0v) is 7.00. The van der Waals surface area contributed by atoms with Crippen LogP contribution in [0, 0.1) is 0 Å². The second kappa shape index (κ2) is 2.62. The van der Waals surface area contributed by atoms with E-state index >= 15 is 0 Å². The predicted octanol–water partition coefficient (Wildman–Crippen LogP) is 0.556. The highest BCUT2D eigenvalue weighted by atomic mass is 16.5. The number of hydrogen-bond donors (Lipinski definition) is 1. The first kappa shape index (κ1) is 7.34. The van der Waals surface area contributed by atoms with E-state index in [2.05, 4.69) is 9.97 Å². The maximum absolute atomic E-state index is 5.50. The highest BCUT2D eigenvalue weighted by Crippen LogP contribution is 2.27. The van der Waals surface area contributed by atoms with Crippen LogP contribution in [-0.4, -0.2) is 17.1 Å². The molecule has 0 aromatic carbocycles. The van der Waals surface area contributed by atoms with Crippen LogP contribution in [0.25, 0.3) is 0 Å². The van der Waals surface area contributed by atoms with Gasteiger partial charge in [-0.15, -0.1) is 0 Å². The zero-order valence-electron chi connectivity index (χ0n) is 7.00. The topological polar surface area (TPSA) is 61.0 Å². The lowest BCUT2D eigenvalue weighted by Crippen LogP contribution is -2.02. The summed E-state index contributed by atoms with van der Waals surface area (Å²) in [5.74, 6) is 0.961. The number of aromatic nitrogens is 2. The summed E-state index contributed by atoms with van der Waals surface area (Å²) in [5.41, 5.74) is 7.69. The summed E-state index contributed by atoms with van der Waals surface area (Å²) < 4.78 is 5.11. The Morgan fingerprint density at radius 3 is 2.92 bits per heavy atom. The minimum absolute atomic E-state index is 0.313. The SMILES string of the molecule is COc1nc(N)nc2c1CCC2. The lowest BCUT2D eigenvalue weighted by Gasteiger charge is -2.05. The third kappa shape index (κ3) is 0.995. The number of methoxy groups -OCH3 is 1. The van der Waals surface area contributed by atoms with Crippen molar-refractivity contribution >= 4 is 5.95 Å². The average molecular weight is 165 g/mol. The third-order valence-electron chi connectivity index (χ3n) is 2.11. The standard InChI is InChI=1S/C8H11N3O/c1-12-7-5-3-2-4-6(5)10-8(9)11-7/h2-4H2,1H3,(H2,9,10,11). The number of fused-ring (bicyclic) bond motifs is 1. The van der Waals surface area contributed by atoms with Gasteiger partial charge >= 0.3 is 0 Å². The Morgan fingerprint density at radius 1 is 1.33 bits per heavy atom. The van der Waals surface area contributed by atoms with Crippen LogP contribution in [0.5, 0.6) is 5.88 Å². The van der Waals surface area contributed by atoms with Gasteiger partial charge in [-0.25, -0.2) is 4.98 Å². The van der Waals surface area contributed by atoms with Gasteiger partial charge in [0, 0.05) is 5.56 Å². The first-order chi connectivity index (χ1) is 5.81. The van der Waals surface area contributed by atoms with Crippen LogP contribution < -0.4 is 10.5 Å². The molecule has 0 fully saturated rings. The van der Waals surface area contributed by atoms with Crippen LogP contribution >= 0.6 is 0 Å². The number of aryl methyl sites for hydroxylation is 1. The lowest BCUT2D eigenvalue weighted by atomic mass is 10.2. The molecule has 0 saturated heterocycles. The molecule has 0 saturated carbocycles. The largest absolute Gasteiger partial charge is 0.481 e. The van der Waals surface area contributed by atoms with E-state index in [4.69, 9.17) is 10.5 Å². The van der Waals surface area contributed by atoms with Gasteiger partial charge in [-0.1, -0.05) is 0 Å². The summed E-state index contributed by atoms with van der Waals surface area (Å²) in [6, 6.07) is 0. The number of nitrogens with zero attached hydrogens (tertiary/aromatic N) is 2. The van der Waals surface area contributed by atoms with Crippen LogP contribution in [0.4, 0.5) is 5.95 Å². The van der Waals surface area contributed by atoms with Crippen molar-refractivity contribution in [3.8, 4) is 5.88 Å². The number of rotatable bonds is 1. The molecule has 4 nitrogen and oxygen atoms in total. The quantitative estimate of drug-likeness (QED) is 0.660. The summed E-state index contributed by atoms with van der Waals surface area (Å²) in [5, 5.41) is 0. The molecule has 0 unspecified atom stereocenters. The van der Waals surface area contributed by atoms with Crippen molar-refractivity contribution in [1.29, 1.82) is 0 Å². The minimum atomic E-state index is 0.313. The van der Waals surface area contributed by atoms with E-state index in [0.29, 0.717) is 11.8 Å².